The van der Waals surface area contributed by atoms with Crippen LogP contribution in [-0.4, -0.2) is 26.2 Å². The van der Waals surface area contributed by atoms with Crippen molar-refractivity contribution < 1.29 is 19.0 Å². The molecule has 1 N–H and O–H groups in total. The molecule has 2 aromatic rings. The summed E-state index contributed by atoms with van der Waals surface area (Å²) in [4.78, 5) is 12.2. The molecule has 1 amide bonds. The number of hydrogen-bond acceptors (Lipinski definition) is 4. The molecule has 0 fully saturated rings. The van der Waals surface area contributed by atoms with E-state index in [-0.39, 0.29) is 5.91 Å². The van der Waals surface area contributed by atoms with Crippen LogP contribution < -0.4 is 19.5 Å². The number of methoxy groups -OCH3 is 1. The third kappa shape index (κ3) is 6.20. The van der Waals surface area contributed by atoms with Gasteiger partial charge in [0.25, 0.3) is 0 Å². The van der Waals surface area contributed by atoms with Gasteiger partial charge >= 0.3 is 0 Å². The van der Waals surface area contributed by atoms with E-state index in [2.05, 4.69) is 11.4 Å². The van der Waals surface area contributed by atoms with Gasteiger partial charge in [-0.2, -0.15) is 0 Å². The summed E-state index contributed by atoms with van der Waals surface area (Å²) in [6, 6.07) is 11.8. The highest BCUT2D eigenvalue weighted by molar-refractivity contribution is 5.76. The van der Waals surface area contributed by atoms with Crippen LogP contribution in [0.3, 0.4) is 0 Å². The first-order valence-electron chi connectivity index (χ1n) is 9.36. The topological polar surface area (TPSA) is 56.8 Å². The summed E-state index contributed by atoms with van der Waals surface area (Å²) in [5.41, 5.74) is 3.19. The fourth-order valence-corrected chi connectivity index (χ4v) is 2.85. The molecule has 0 aromatic heterocycles. The van der Waals surface area contributed by atoms with Crippen LogP contribution in [0.5, 0.6) is 17.2 Å². The Morgan fingerprint density at radius 2 is 1.59 bits per heavy atom. The minimum atomic E-state index is 0.0234. The molecule has 0 bridgehead atoms. The van der Waals surface area contributed by atoms with Crippen LogP contribution in [0.25, 0.3) is 0 Å². The van der Waals surface area contributed by atoms with E-state index in [1.165, 1.54) is 0 Å². The molecule has 0 heterocycles. The van der Waals surface area contributed by atoms with Crippen molar-refractivity contribution >= 4 is 5.91 Å². The zero-order valence-electron chi connectivity index (χ0n) is 16.6. The Morgan fingerprint density at radius 1 is 0.926 bits per heavy atom. The van der Waals surface area contributed by atoms with E-state index in [0.717, 1.165) is 28.2 Å². The van der Waals surface area contributed by atoms with Gasteiger partial charge in [0.15, 0.2) is 11.5 Å². The van der Waals surface area contributed by atoms with E-state index in [4.69, 9.17) is 14.2 Å². The average Bonchev–Trinajstić information content (AvgIpc) is 2.67. The van der Waals surface area contributed by atoms with Crippen molar-refractivity contribution in [2.24, 2.45) is 0 Å². The van der Waals surface area contributed by atoms with Crippen molar-refractivity contribution in [2.75, 3.05) is 20.3 Å². The monoisotopic (exact) mass is 371 g/mol. The molecule has 0 aliphatic heterocycles. The second-order valence-electron chi connectivity index (χ2n) is 6.23. The van der Waals surface area contributed by atoms with Crippen molar-refractivity contribution in [3.8, 4) is 17.2 Å². The number of hydrogen-bond donors (Lipinski definition) is 1. The van der Waals surface area contributed by atoms with E-state index >= 15 is 0 Å². The van der Waals surface area contributed by atoms with Crippen LogP contribution >= 0.6 is 0 Å². The van der Waals surface area contributed by atoms with Crippen molar-refractivity contribution in [3.05, 3.63) is 53.1 Å². The highest BCUT2D eigenvalue weighted by atomic mass is 16.5. The second kappa shape index (κ2) is 10.5. The third-order valence-corrected chi connectivity index (χ3v) is 4.20. The Kier molecular flexibility index (Phi) is 7.99. The molecule has 0 aliphatic rings. The average molecular weight is 371 g/mol. The Hall–Kier alpha value is -2.69. The van der Waals surface area contributed by atoms with Gasteiger partial charge in [-0.15, -0.1) is 0 Å². The van der Waals surface area contributed by atoms with Crippen molar-refractivity contribution in [1.82, 2.24) is 5.32 Å². The standard InChI is InChI=1S/C22H29NO4/c1-5-26-20-11-8-18(14-21(20)27-6-2)15-23-22(24)12-9-17-7-10-19(25-4)16(3)13-17/h7-8,10-11,13-14H,5-6,9,12,15H2,1-4H3,(H,23,24). The highest BCUT2D eigenvalue weighted by Gasteiger charge is 2.08. The van der Waals surface area contributed by atoms with Crippen molar-refractivity contribution in [2.45, 2.75) is 40.2 Å². The zero-order valence-corrected chi connectivity index (χ0v) is 16.6. The zero-order chi connectivity index (χ0) is 19.6. The summed E-state index contributed by atoms with van der Waals surface area (Å²) in [5.74, 6) is 2.32. The van der Waals surface area contributed by atoms with Gasteiger partial charge < -0.3 is 19.5 Å². The summed E-state index contributed by atoms with van der Waals surface area (Å²) < 4.78 is 16.5. The lowest BCUT2D eigenvalue weighted by Gasteiger charge is -2.13. The lowest BCUT2D eigenvalue weighted by molar-refractivity contribution is -0.121. The number of nitrogens with one attached hydrogen (secondary N) is 1. The minimum Gasteiger partial charge on any atom is -0.496 e. The smallest absolute Gasteiger partial charge is 0.220 e. The molecule has 0 saturated carbocycles. The summed E-state index contributed by atoms with van der Waals surface area (Å²) in [5, 5.41) is 2.97. The molecular weight excluding hydrogens is 342 g/mol. The molecule has 5 heteroatoms. The predicted molar refractivity (Wildman–Crippen MR) is 107 cm³/mol. The van der Waals surface area contributed by atoms with Gasteiger partial charge in [0.1, 0.15) is 5.75 Å². The van der Waals surface area contributed by atoms with Gasteiger partial charge in [0, 0.05) is 13.0 Å². The van der Waals surface area contributed by atoms with E-state index in [0.29, 0.717) is 38.3 Å². The second-order valence-corrected chi connectivity index (χ2v) is 6.23. The van der Waals surface area contributed by atoms with Crippen molar-refractivity contribution in [3.63, 3.8) is 0 Å². The van der Waals surface area contributed by atoms with Gasteiger partial charge in [0.05, 0.1) is 20.3 Å². The van der Waals surface area contributed by atoms with Crippen LogP contribution in [0.15, 0.2) is 36.4 Å². The molecule has 0 unspecified atom stereocenters. The number of amides is 1. The van der Waals surface area contributed by atoms with Crippen LogP contribution in [0.2, 0.25) is 0 Å². The number of ether oxygens (including phenoxy) is 3. The van der Waals surface area contributed by atoms with E-state index in [1.807, 2.05) is 51.1 Å². The molecule has 0 spiro atoms. The number of carbonyl (C=O) groups is 1. The number of carbonyl (C=O) groups excluding carboxylic acids is 1. The van der Waals surface area contributed by atoms with E-state index in [9.17, 15) is 4.79 Å². The van der Waals surface area contributed by atoms with Gasteiger partial charge in [-0.3, -0.25) is 4.79 Å². The third-order valence-electron chi connectivity index (χ3n) is 4.20. The summed E-state index contributed by atoms with van der Waals surface area (Å²) >= 11 is 0. The SMILES string of the molecule is CCOc1ccc(CNC(=O)CCc2ccc(OC)c(C)c2)cc1OCC. The van der Waals surface area contributed by atoms with E-state index < -0.39 is 0 Å². The fourth-order valence-electron chi connectivity index (χ4n) is 2.85. The Morgan fingerprint density at radius 3 is 2.26 bits per heavy atom. The molecule has 0 aliphatic carbocycles. The Labute approximate surface area is 161 Å². The van der Waals surface area contributed by atoms with Crippen LogP contribution in [0.1, 0.15) is 37.0 Å². The number of benzene rings is 2. The molecule has 0 saturated heterocycles. The van der Waals surface area contributed by atoms with Gasteiger partial charge in [-0.25, -0.2) is 0 Å². The molecule has 0 atom stereocenters. The van der Waals surface area contributed by atoms with Crippen LogP contribution in [-0.2, 0) is 17.8 Å². The normalized spacial score (nSPS) is 10.4. The molecule has 2 rings (SSSR count). The molecule has 27 heavy (non-hydrogen) atoms. The maximum Gasteiger partial charge on any atom is 0.220 e. The first-order valence-corrected chi connectivity index (χ1v) is 9.36. The quantitative estimate of drug-likeness (QED) is 0.684. The highest BCUT2D eigenvalue weighted by Crippen LogP contribution is 2.28. The van der Waals surface area contributed by atoms with Gasteiger partial charge in [0.2, 0.25) is 5.91 Å². The molecule has 0 radical (unpaired) electrons. The van der Waals surface area contributed by atoms with Gasteiger partial charge in [-0.1, -0.05) is 18.2 Å². The first-order chi connectivity index (χ1) is 13.1. The predicted octanol–water partition coefficient (Wildman–Crippen LogP) is 4.05. The summed E-state index contributed by atoms with van der Waals surface area (Å²) in [6.45, 7) is 7.49. The first kappa shape index (κ1) is 20.6. The number of aryl methyl sites for hydroxylation is 2. The Balaban J connectivity index is 1.87. The number of rotatable bonds is 10. The van der Waals surface area contributed by atoms with Crippen LogP contribution in [0, 0.1) is 6.92 Å². The Bertz CT molecular complexity index is 758. The van der Waals surface area contributed by atoms with E-state index in [1.54, 1.807) is 7.11 Å². The van der Waals surface area contributed by atoms with Gasteiger partial charge in [-0.05, 0) is 62.1 Å². The summed E-state index contributed by atoms with van der Waals surface area (Å²) in [7, 11) is 1.66. The maximum absolute atomic E-state index is 12.2. The molecule has 5 nitrogen and oxygen atoms in total. The largest absolute Gasteiger partial charge is 0.496 e. The molecule has 2 aromatic carbocycles. The lowest BCUT2D eigenvalue weighted by atomic mass is 10.1. The molecule has 146 valence electrons. The minimum absolute atomic E-state index is 0.0234. The maximum atomic E-state index is 12.2. The lowest BCUT2D eigenvalue weighted by Crippen LogP contribution is -2.23. The van der Waals surface area contributed by atoms with Crippen LogP contribution in [0.4, 0.5) is 0 Å². The van der Waals surface area contributed by atoms with Crippen molar-refractivity contribution in [1.29, 1.82) is 0 Å². The summed E-state index contributed by atoms with van der Waals surface area (Å²) in [6.07, 6.45) is 1.14. The fraction of sp³-hybridized carbons (Fsp3) is 0.409. The molecular formula is C22H29NO4.